The molecule has 0 aliphatic rings. The molecule has 0 saturated heterocycles. The molecule has 0 radical (unpaired) electrons. The number of rotatable bonds is 3. The van der Waals surface area contributed by atoms with Crippen LogP contribution in [-0.4, -0.2) is 29.7 Å². The molecule has 1 aromatic rings. The van der Waals surface area contributed by atoms with Gasteiger partial charge in [-0.3, -0.25) is 0 Å². The molecule has 0 unspecified atom stereocenters. The molecule has 0 aliphatic heterocycles. The Labute approximate surface area is 97.4 Å². The average Bonchev–Trinajstić information content (AvgIpc) is 2.24. The normalized spacial score (nSPS) is 12.4. The van der Waals surface area contributed by atoms with E-state index in [9.17, 15) is 26.3 Å². The molecular formula is C8H8F6N4. The Bertz CT molecular complexity index is 413. The predicted octanol–water partition coefficient (Wildman–Crippen LogP) is 2.51. The molecule has 102 valence electrons. The number of aromatic nitrogens is 2. The molecular weight excluding hydrogens is 266 g/mol. The van der Waals surface area contributed by atoms with E-state index in [1.165, 1.54) is 7.05 Å². The fourth-order valence-electron chi connectivity index (χ4n) is 0.983. The summed E-state index contributed by atoms with van der Waals surface area (Å²) in [7, 11) is 1.29. The van der Waals surface area contributed by atoms with Crippen molar-refractivity contribution in [2.24, 2.45) is 0 Å². The predicted molar refractivity (Wildman–Crippen MR) is 51.1 cm³/mol. The number of halogens is 6. The van der Waals surface area contributed by atoms with Gasteiger partial charge in [0.2, 0.25) is 5.82 Å². The monoisotopic (exact) mass is 274 g/mol. The van der Waals surface area contributed by atoms with E-state index in [0.717, 1.165) is 6.07 Å². The lowest BCUT2D eigenvalue weighted by Crippen LogP contribution is -2.23. The van der Waals surface area contributed by atoms with Gasteiger partial charge in [0.15, 0.2) is 0 Å². The minimum atomic E-state index is -4.83. The molecule has 2 N–H and O–H groups in total. The van der Waals surface area contributed by atoms with Crippen LogP contribution in [0.25, 0.3) is 0 Å². The lowest BCUT2D eigenvalue weighted by Gasteiger charge is -2.12. The third-order valence-corrected chi connectivity index (χ3v) is 1.71. The summed E-state index contributed by atoms with van der Waals surface area (Å²) in [5.41, 5.74) is 0. The summed E-state index contributed by atoms with van der Waals surface area (Å²) in [4.78, 5) is 6.07. The van der Waals surface area contributed by atoms with E-state index in [1.807, 2.05) is 0 Å². The van der Waals surface area contributed by atoms with Gasteiger partial charge in [-0.2, -0.15) is 26.3 Å². The molecule has 0 atom stereocenters. The van der Waals surface area contributed by atoms with Crippen molar-refractivity contribution in [3.05, 3.63) is 11.9 Å². The smallest absolute Gasteiger partial charge is 0.373 e. The SMILES string of the molecule is CNc1cc(NCC(F)(F)F)nc(C(F)(F)F)n1. The lowest BCUT2D eigenvalue weighted by atomic mass is 10.4. The molecule has 0 aliphatic carbocycles. The molecule has 1 aromatic heterocycles. The maximum Gasteiger partial charge on any atom is 0.451 e. The second kappa shape index (κ2) is 4.86. The number of hydrogen-bond donors (Lipinski definition) is 2. The molecule has 0 amide bonds. The fraction of sp³-hybridized carbons (Fsp3) is 0.500. The van der Waals surface area contributed by atoms with Crippen molar-refractivity contribution in [2.75, 3.05) is 24.2 Å². The second-order valence-electron chi connectivity index (χ2n) is 3.18. The highest BCUT2D eigenvalue weighted by atomic mass is 19.4. The Morgan fingerprint density at radius 1 is 1.06 bits per heavy atom. The summed E-state index contributed by atoms with van der Waals surface area (Å²) in [6, 6.07) is 0.945. The standard InChI is InChI=1S/C8H8F6N4/c1-15-4-2-5(16-3-7(9,10)11)18-6(17-4)8(12,13)14/h2H,3H2,1H3,(H2,15,16,17,18). The molecule has 0 fully saturated rings. The fourth-order valence-corrected chi connectivity index (χ4v) is 0.983. The number of hydrogen-bond acceptors (Lipinski definition) is 4. The third kappa shape index (κ3) is 4.26. The van der Waals surface area contributed by atoms with E-state index < -0.39 is 30.5 Å². The Balaban J connectivity index is 2.98. The van der Waals surface area contributed by atoms with Crippen molar-refractivity contribution in [3.8, 4) is 0 Å². The zero-order valence-corrected chi connectivity index (χ0v) is 8.95. The van der Waals surface area contributed by atoms with E-state index in [2.05, 4.69) is 15.3 Å². The summed E-state index contributed by atoms with van der Waals surface area (Å²) < 4.78 is 72.8. The molecule has 1 heterocycles. The van der Waals surface area contributed by atoms with Crippen LogP contribution in [0.15, 0.2) is 6.07 Å². The van der Waals surface area contributed by atoms with E-state index >= 15 is 0 Å². The van der Waals surface area contributed by atoms with Gasteiger partial charge < -0.3 is 10.6 Å². The quantitative estimate of drug-likeness (QED) is 0.831. The highest BCUT2D eigenvalue weighted by Gasteiger charge is 2.35. The Hall–Kier alpha value is -1.74. The summed E-state index contributed by atoms with van der Waals surface area (Å²) in [6.45, 7) is -1.48. The van der Waals surface area contributed by atoms with Crippen LogP contribution in [0.2, 0.25) is 0 Å². The van der Waals surface area contributed by atoms with Crippen molar-refractivity contribution in [3.63, 3.8) is 0 Å². The first-order valence-corrected chi connectivity index (χ1v) is 4.56. The zero-order valence-electron chi connectivity index (χ0n) is 8.95. The van der Waals surface area contributed by atoms with E-state index in [4.69, 9.17) is 0 Å². The first-order chi connectivity index (χ1) is 8.12. The number of anilines is 2. The minimum Gasteiger partial charge on any atom is -0.373 e. The highest BCUT2D eigenvalue weighted by molar-refractivity contribution is 5.47. The summed E-state index contributed by atoms with van der Waals surface area (Å²) in [5.74, 6) is -2.31. The summed E-state index contributed by atoms with van der Waals surface area (Å²) in [5, 5.41) is 4.06. The molecule has 0 saturated carbocycles. The van der Waals surface area contributed by atoms with Gasteiger partial charge in [0, 0.05) is 13.1 Å². The third-order valence-electron chi connectivity index (χ3n) is 1.71. The largest absolute Gasteiger partial charge is 0.451 e. The van der Waals surface area contributed by atoms with Gasteiger partial charge in [0.25, 0.3) is 0 Å². The van der Waals surface area contributed by atoms with Gasteiger partial charge in [-0.05, 0) is 0 Å². The van der Waals surface area contributed by atoms with Crippen LogP contribution in [-0.2, 0) is 6.18 Å². The number of nitrogens with one attached hydrogen (secondary N) is 2. The van der Waals surface area contributed by atoms with Crippen LogP contribution in [0, 0.1) is 0 Å². The summed E-state index contributed by atoms with van der Waals surface area (Å²) >= 11 is 0. The first-order valence-electron chi connectivity index (χ1n) is 4.56. The van der Waals surface area contributed by atoms with E-state index in [-0.39, 0.29) is 5.82 Å². The van der Waals surface area contributed by atoms with Crippen LogP contribution in [0.1, 0.15) is 5.82 Å². The maximum absolute atomic E-state index is 12.4. The van der Waals surface area contributed by atoms with Crippen molar-refractivity contribution in [2.45, 2.75) is 12.4 Å². The molecule has 10 heteroatoms. The molecule has 4 nitrogen and oxygen atoms in total. The van der Waals surface area contributed by atoms with Gasteiger partial charge in [-0.1, -0.05) is 0 Å². The molecule has 1 rings (SSSR count). The molecule has 0 aromatic carbocycles. The molecule has 18 heavy (non-hydrogen) atoms. The van der Waals surface area contributed by atoms with Crippen LogP contribution in [0.4, 0.5) is 38.0 Å². The van der Waals surface area contributed by atoms with Crippen molar-refractivity contribution < 1.29 is 26.3 Å². The van der Waals surface area contributed by atoms with Crippen LogP contribution >= 0.6 is 0 Å². The molecule has 0 bridgehead atoms. The topological polar surface area (TPSA) is 49.8 Å². The van der Waals surface area contributed by atoms with Gasteiger partial charge in [-0.15, -0.1) is 0 Å². The Morgan fingerprint density at radius 3 is 2.06 bits per heavy atom. The lowest BCUT2D eigenvalue weighted by molar-refractivity contribution is -0.144. The van der Waals surface area contributed by atoms with Crippen molar-refractivity contribution in [1.82, 2.24) is 9.97 Å². The van der Waals surface area contributed by atoms with Gasteiger partial charge in [0.05, 0.1) is 0 Å². The van der Waals surface area contributed by atoms with E-state index in [0.29, 0.717) is 0 Å². The first kappa shape index (κ1) is 14.3. The van der Waals surface area contributed by atoms with Crippen molar-refractivity contribution in [1.29, 1.82) is 0 Å². The van der Waals surface area contributed by atoms with Crippen LogP contribution in [0.3, 0.4) is 0 Å². The number of alkyl halides is 6. The summed E-state index contributed by atoms with van der Waals surface area (Å²) in [6.07, 6.45) is -9.38. The average molecular weight is 274 g/mol. The van der Waals surface area contributed by atoms with Gasteiger partial charge in [-0.25, -0.2) is 9.97 Å². The van der Waals surface area contributed by atoms with Crippen LogP contribution in [0.5, 0.6) is 0 Å². The second-order valence-corrected chi connectivity index (χ2v) is 3.18. The highest BCUT2D eigenvalue weighted by Crippen LogP contribution is 2.28. The van der Waals surface area contributed by atoms with Gasteiger partial charge in [0.1, 0.15) is 18.2 Å². The molecule has 0 spiro atoms. The Kier molecular flexibility index (Phi) is 3.87. The van der Waals surface area contributed by atoms with Gasteiger partial charge >= 0.3 is 12.4 Å². The zero-order chi connectivity index (χ0) is 14.0. The minimum absolute atomic E-state index is 0.234. The number of nitrogens with zero attached hydrogens (tertiary/aromatic N) is 2. The van der Waals surface area contributed by atoms with Crippen molar-refractivity contribution >= 4 is 11.6 Å². The van der Waals surface area contributed by atoms with Crippen LogP contribution < -0.4 is 10.6 Å². The maximum atomic E-state index is 12.4. The van der Waals surface area contributed by atoms with E-state index in [1.54, 1.807) is 5.32 Å². The Morgan fingerprint density at radius 2 is 1.61 bits per heavy atom.